The molecule has 0 saturated heterocycles. The molecule has 0 radical (unpaired) electrons. The van der Waals surface area contributed by atoms with E-state index >= 15 is 0 Å². The number of rotatable bonds is 27. The first-order valence-electron chi connectivity index (χ1n) is 19.4. The van der Waals surface area contributed by atoms with Crippen molar-refractivity contribution in [2.75, 3.05) is 43.4 Å². The molecule has 0 amide bonds. The van der Waals surface area contributed by atoms with E-state index in [9.17, 15) is 0 Å². The van der Waals surface area contributed by atoms with Gasteiger partial charge in [0, 0.05) is 82.7 Å². The monoisotopic (exact) mass is 716 g/mol. The van der Waals surface area contributed by atoms with Crippen LogP contribution < -0.4 is 16.0 Å². The van der Waals surface area contributed by atoms with Gasteiger partial charge in [0.25, 0.3) is 0 Å². The lowest BCUT2D eigenvalue weighted by Gasteiger charge is -2.23. The largest absolute Gasteiger partial charge is 0.383 e. The van der Waals surface area contributed by atoms with Gasteiger partial charge in [0.15, 0.2) is 0 Å². The van der Waals surface area contributed by atoms with Gasteiger partial charge in [0.2, 0.25) is 0 Å². The zero-order chi connectivity index (χ0) is 34.6. The Hall–Kier alpha value is -3.06. The number of aromatic nitrogens is 2. The van der Waals surface area contributed by atoms with Crippen molar-refractivity contribution in [3.05, 3.63) is 82.9 Å². The minimum atomic E-state index is 0.712. The van der Waals surface area contributed by atoms with Gasteiger partial charge in [0.1, 0.15) is 0 Å². The molecule has 270 valence electrons. The van der Waals surface area contributed by atoms with Gasteiger partial charge < -0.3 is 16.0 Å². The lowest BCUT2D eigenvalue weighted by atomic mass is 10.0. The predicted molar refractivity (Wildman–Crippen MR) is 217 cm³/mol. The summed E-state index contributed by atoms with van der Waals surface area (Å²) in [5, 5.41) is 14.2. The number of pyridine rings is 2. The quantitative estimate of drug-likeness (QED) is 0.0533. The van der Waals surface area contributed by atoms with Crippen molar-refractivity contribution in [2.45, 2.75) is 109 Å². The van der Waals surface area contributed by atoms with Crippen LogP contribution in [0.5, 0.6) is 0 Å². The Morgan fingerprint density at radius 3 is 1.38 bits per heavy atom. The van der Waals surface area contributed by atoms with Crippen LogP contribution in [0.25, 0.3) is 21.8 Å². The third-order valence-electron chi connectivity index (χ3n) is 9.92. The fraction of sp³-hybridized carbons (Fsp3) is 0.524. The molecule has 3 N–H and O–H groups in total. The maximum absolute atomic E-state index is 6.21. The number of anilines is 2. The van der Waals surface area contributed by atoms with E-state index in [1.165, 1.54) is 115 Å². The summed E-state index contributed by atoms with van der Waals surface area (Å²) >= 11 is 12.4. The van der Waals surface area contributed by atoms with Crippen LogP contribution in [0, 0.1) is 0 Å². The van der Waals surface area contributed by atoms with Crippen molar-refractivity contribution in [2.24, 2.45) is 0 Å². The molecule has 8 heteroatoms. The van der Waals surface area contributed by atoms with Crippen molar-refractivity contribution in [1.29, 1.82) is 0 Å². The molecule has 0 saturated carbocycles. The maximum atomic E-state index is 6.21. The van der Waals surface area contributed by atoms with E-state index in [-0.39, 0.29) is 0 Å². The Kier molecular flexibility index (Phi) is 16.8. The van der Waals surface area contributed by atoms with Crippen LogP contribution in [0.4, 0.5) is 11.4 Å². The van der Waals surface area contributed by atoms with Crippen molar-refractivity contribution in [3.8, 4) is 0 Å². The molecular formula is C42H58Cl2N6. The second-order valence-corrected chi connectivity index (χ2v) is 14.8. The number of hydrogen-bond donors (Lipinski definition) is 3. The number of fused-ring (bicyclic) bond motifs is 2. The van der Waals surface area contributed by atoms with E-state index in [1.807, 2.05) is 36.7 Å². The summed E-state index contributed by atoms with van der Waals surface area (Å²) in [6.07, 6.45) is 29.3. The Labute approximate surface area is 310 Å². The van der Waals surface area contributed by atoms with Gasteiger partial charge in [-0.2, -0.15) is 0 Å². The van der Waals surface area contributed by atoms with E-state index in [4.69, 9.17) is 23.2 Å². The third-order valence-corrected chi connectivity index (χ3v) is 10.4. The minimum Gasteiger partial charge on any atom is -0.383 e. The maximum Gasteiger partial charge on any atom is 0.0737 e. The molecular weight excluding hydrogens is 659 g/mol. The average Bonchev–Trinajstić information content (AvgIpc) is 3.95. The van der Waals surface area contributed by atoms with Gasteiger partial charge in [-0.1, -0.05) is 113 Å². The molecule has 5 rings (SSSR count). The van der Waals surface area contributed by atoms with Crippen LogP contribution in [-0.4, -0.2) is 47.6 Å². The zero-order valence-electron chi connectivity index (χ0n) is 30.0. The van der Waals surface area contributed by atoms with Crippen LogP contribution in [0.3, 0.4) is 0 Å². The molecule has 0 spiro atoms. The molecule has 3 heterocycles. The fourth-order valence-corrected chi connectivity index (χ4v) is 7.24. The highest BCUT2D eigenvalue weighted by atomic mass is 35.5. The number of allylic oxidation sites excluding steroid dienone is 1. The van der Waals surface area contributed by atoms with Crippen molar-refractivity contribution in [3.63, 3.8) is 0 Å². The first-order valence-corrected chi connectivity index (χ1v) is 20.2. The summed E-state index contributed by atoms with van der Waals surface area (Å²) in [5.74, 6) is 0. The number of halogens is 2. The van der Waals surface area contributed by atoms with Gasteiger partial charge in [-0.3, -0.25) is 14.9 Å². The molecule has 6 nitrogen and oxygen atoms in total. The van der Waals surface area contributed by atoms with Crippen LogP contribution in [0.2, 0.25) is 10.0 Å². The van der Waals surface area contributed by atoms with Crippen molar-refractivity contribution in [1.82, 2.24) is 20.2 Å². The minimum absolute atomic E-state index is 0.712. The number of nitrogens with one attached hydrogen (secondary N) is 3. The molecule has 0 unspecified atom stereocenters. The highest BCUT2D eigenvalue weighted by Gasteiger charge is 2.09. The van der Waals surface area contributed by atoms with E-state index < -0.39 is 0 Å². The summed E-state index contributed by atoms with van der Waals surface area (Å²) in [4.78, 5) is 11.6. The molecule has 0 atom stereocenters. The normalized spacial score (nSPS) is 12.4. The van der Waals surface area contributed by atoms with E-state index in [0.717, 1.165) is 65.9 Å². The molecule has 0 bridgehead atoms. The first kappa shape index (κ1) is 38.2. The topological polar surface area (TPSA) is 75.0 Å². The molecule has 1 aliphatic heterocycles. The van der Waals surface area contributed by atoms with Gasteiger partial charge >= 0.3 is 0 Å². The molecule has 2 aromatic heterocycles. The Balaban J connectivity index is 0.951. The SMILES string of the molecule is Clc1ccc2c(NCCN(CCCCCCCCCCCCCCCCCCC3=CN3)CCNc3ccnc4cc(Cl)ccc34)ccnc2c1. The van der Waals surface area contributed by atoms with Crippen molar-refractivity contribution < 1.29 is 0 Å². The average molecular weight is 718 g/mol. The molecule has 4 aromatic rings. The highest BCUT2D eigenvalue weighted by molar-refractivity contribution is 6.31. The van der Waals surface area contributed by atoms with Crippen LogP contribution in [-0.2, 0) is 0 Å². The summed E-state index contributed by atoms with van der Waals surface area (Å²) in [6, 6.07) is 15.9. The number of unbranched alkanes of at least 4 members (excludes halogenated alkanes) is 15. The van der Waals surface area contributed by atoms with Crippen LogP contribution in [0.15, 0.2) is 72.8 Å². The number of hydrogen-bond acceptors (Lipinski definition) is 6. The summed E-state index contributed by atoms with van der Waals surface area (Å²) in [5.41, 5.74) is 5.50. The van der Waals surface area contributed by atoms with E-state index in [2.05, 4.69) is 61.3 Å². The Bertz CT molecular complexity index is 1520. The Morgan fingerprint density at radius 1 is 0.520 bits per heavy atom. The van der Waals surface area contributed by atoms with E-state index in [0.29, 0.717) is 10.0 Å². The summed E-state index contributed by atoms with van der Waals surface area (Å²) < 4.78 is 0. The Morgan fingerprint density at radius 2 is 0.940 bits per heavy atom. The zero-order valence-corrected chi connectivity index (χ0v) is 31.5. The van der Waals surface area contributed by atoms with Crippen LogP contribution in [0.1, 0.15) is 109 Å². The summed E-state index contributed by atoms with van der Waals surface area (Å²) in [7, 11) is 0. The van der Waals surface area contributed by atoms with Gasteiger partial charge in [-0.05, 0) is 74.3 Å². The standard InChI is InChI=1S/C42H58Cl2N6/c43-34-18-20-37-39(22-24-45-41(37)31-34)47-26-29-50(30-27-48-40-23-25-46-42-32-35(44)19-21-38(40)42)28-16-14-12-10-8-6-4-2-1-3-5-7-9-11-13-15-17-36-33-49-36/h18-25,31-33,49H,1-17,26-30H2,(H,45,47)(H,46,48). The first-order chi connectivity index (χ1) is 24.7. The molecule has 0 aliphatic carbocycles. The number of benzene rings is 2. The lowest BCUT2D eigenvalue weighted by Crippen LogP contribution is -2.34. The third kappa shape index (κ3) is 13.9. The molecule has 0 fully saturated rings. The van der Waals surface area contributed by atoms with Gasteiger partial charge in [0.05, 0.1) is 11.0 Å². The van der Waals surface area contributed by atoms with E-state index in [1.54, 1.807) is 0 Å². The predicted octanol–water partition coefficient (Wildman–Crippen LogP) is 12.0. The second kappa shape index (κ2) is 22.0. The van der Waals surface area contributed by atoms with Crippen molar-refractivity contribution >= 4 is 56.4 Å². The van der Waals surface area contributed by atoms with Crippen LogP contribution >= 0.6 is 23.2 Å². The molecule has 2 aromatic carbocycles. The highest BCUT2D eigenvalue weighted by Crippen LogP contribution is 2.26. The smallest absolute Gasteiger partial charge is 0.0737 e. The lowest BCUT2D eigenvalue weighted by molar-refractivity contribution is 0.286. The fourth-order valence-electron chi connectivity index (χ4n) is 6.90. The molecule has 1 aliphatic rings. The summed E-state index contributed by atoms with van der Waals surface area (Å²) in [6.45, 7) is 4.80. The second-order valence-electron chi connectivity index (χ2n) is 14.0. The van der Waals surface area contributed by atoms with Gasteiger partial charge in [-0.25, -0.2) is 0 Å². The molecule has 50 heavy (non-hydrogen) atoms. The van der Waals surface area contributed by atoms with Gasteiger partial charge in [-0.15, -0.1) is 0 Å². The number of nitrogens with zero attached hydrogens (tertiary/aromatic N) is 3.